The minimum Gasteiger partial charge on any atom is -0.308 e. The molecule has 0 aliphatic carbocycles. The van der Waals surface area contributed by atoms with Gasteiger partial charge in [-0.1, -0.05) is 6.07 Å². The third-order valence-electron chi connectivity index (χ3n) is 2.79. The highest BCUT2D eigenvalue weighted by Crippen LogP contribution is 2.16. The van der Waals surface area contributed by atoms with Gasteiger partial charge in [0, 0.05) is 24.5 Å². The molecule has 0 unspecified atom stereocenters. The van der Waals surface area contributed by atoms with E-state index in [0.717, 1.165) is 17.8 Å². The highest BCUT2D eigenvalue weighted by atomic mass is 15.0. The molecule has 1 heterocycles. The van der Waals surface area contributed by atoms with E-state index in [1.807, 2.05) is 29.0 Å². The zero-order valence-electron chi connectivity index (χ0n) is 11.5. The molecule has 4 nitrogen and oxygen atoms in total. The van der Waals surface area contributed by atoms with Crippen LogP contribution in [-0.4, -0.2) is 15.1 Å². The second-order valence-electron chi connectivity index (χ2n) is 5.54. The molecule has 0 aliphatic heterocycles. The van der Waals surface area contributed by atoms with Crippen molar-refractivity contribution in [3.8, 4) is 11.8 Å². The fourth-order valence-electron chi connectivity index (χ4n) is 1.78. The van der Waals surface area contributed by atoms with Crippen LogP contribution in [0.2, 0.25) is 0 Å². The van der Waals surface area contributed by atoms with E-state index in [2.05, 4.69) is 37.1 Å². The maximum atomic E-state index is 9.27. The minimum absolute atomic E-state index is 0.0653. The van der Waals surface area contributed by atoms with Crippen molar-refractivity contribution >= 4 is 0 Å². The van der Waals surface area contributed by atoms with Crippen molar-refractivity contribution in [1.29, 1.82) is 5.26 Å². The van der Waals surface area contributed by atoms with Crippen LogP contribution in [0.4, 0.5) is 0 Å². The van der Waals surface area contributed by atoms with E-state index in [9.17, 15) is 5.26 Å². The fraction of sp³-hybridized carbons (Fsp3) is 0.333. The molecule has 98 valence electrons. The van der Waals surface area contributed by atoms with Crippen LogP contribution in [0, 0.1) is 11.3 Å². The third-order valence-corrected chi connectivity index (χ3v) is 2.79. The molecule has 4 heteroatoms. The number of nitriles is 1. The zero-order valence-corrected chi connectivity index (χ0v) is 11.5. The molecule has 1 N–H and O–H groups in total. The summed E-state index contributed by atoms with van der Waals surface area (Å²) in [4.78, 5) is 4.01. The lowest BCUT2D eigenvalue weighted by molar-refractivity contribution is 0.424. The summed E-state index contributed by atoms with van der Waals surface area (Å²) < 4.78 is 1.85. The van der Waals surface area contributed by atoms with Gasteiger partial charge in [0.15, 0.2) is 0 Å². The maximum absolute atomic E-state index is 9.27. The van der Waals surface area contributed by atoms with Crippen molar-refractivity contribution in [3.05, 3.63) is 48.0 Å². The van der Waals surface area contributed by atoms with Crippen LogP contribution in [0.25, 0.3) is 5.69 Å². The van der Waals surface area contributed by atoms with Crippen LogP contribution in [0.3, 0.4) is 0 Å². The first-order valence-electron chi connectivity index (χ1n) is 6.26. The highest BCUT2D eigenvalue weighted by molar-refractivity contribution is 5.50. The maximum Gasteiger partial charge on any atom is 0.101 e. The van der Waals surface area contributed by atoms with Gasteiger partial charge in [-0.3, -0.25) is 0 Å². The Balaban J connectivity index is 2.25. The Morgan fingerprint density at radius 1 is 1.37 bits per heavy atom. The van der Waals surface area contributed by atoms with Crippen molar-refractivity contribution in [2.75, 3.05) is 0 Å². The van der Waals surface area contributed by atoms with Gasteiger partial charge in [0.25, 0.3) is 0 Å². The van der Waals surface area contributed by atoms with Crippen molar-refractivity contribution in [2.45, 2.75) is 32.9 Å². The SMILES string of the molecule is CC(C)(C)NCc1ccc(-n2ccnc2)c(C#N)c1. The normalized spacial score (nSPS) is 11.3. The summed E-state index contributed by atoms with van der Waals surface area (Å²) in [6.07, 6.45) is 5.24. The number of nitrogens with zero attached hydrogens (tertiary/aromatic N) is 3. The Kier molecular flexibility index (Phi) is 3.68. The fourth-order valence-corrected chi connectivity index (χ4v) is 1.78. The van der Waals surface area contributed by atoms with Crippen LogP contribution >= 0.6 is 0 Å². The van der Waals surface area contributed by atoms with Crippen LogP contribution in [-0.2, 0) is 6.54 Å². The Bertz CT molecular complexity index is 586. The van der Waals surface area contributed by atoms with Gasteiger partial charge in [-0.2, -0.15) is 5.26 Å². The second-order valence-corrected chi connectivity index (χ2v) is 5.54. The van der Waals surface area contributed by atoms with Gasteiger partial charge < -0.3 is 9.88 Å². The summed E-state index contributed by atoms with van der Waals surface area (Å²) in [5.41, 5.74) is 2.69. The second kappa shape index (κ2) is 5.25. The van der Waals surface area contributed by atoms with Gasteiger partial charge in [-0.25, -0.2) is 4.98 Å². The molecule has 0 amide bonds. The van der Waals surface area contributed by atoms with Gasteiger partial charge in [0.1, 0.15) is 6.07 Å². The number of rotatable bonds is 3. The highest BCUT2D eigenvalue weighted by Gasteiger charge is 2.10. The molecular weight excluding hydrogens is 236 g/mol. The van der Waals surface area contributed by atoms with Gasteiger partial charge in [0.2, 0.25) is 0 Å². The Morgan fingerprint density at radius 2 is 2.16 bits per heavy atom. The smallest absolute Gasteiger partial charge is 0.101 e. The van der Waals surface area contributed by atoms with Crippen molar-refractivity contribution in [2.24, 2.45) is 0 Å². The lowest BCUT2D eigenvalue weighted by Crippen LogP contribution is -2.35. The molecule has 19 heavy (non-hydrogen) atoms. The molecule has 2 aromatic rings. The average Bonchev–Trinajstić information content (AvgIpc) is 2.88. The van der Waals surface area contributed by atoms with E-state index in [4.69, 9.17) is 0 Å². The monoisotopic (exact) mass is 254 g/mol. The molecule has 0 bridgehead atoms. The number of imidazole rings is 1. The number of nitrogens with one attached hydrogen (secondary N) is 1. The molecule has 2 rings (SSSR count). The van der Waals surface area contributed by atoms with E-state index >= 15 is 0 Å². The van der Waals surface area contributed by atoms with Crippen LogP contribution in [0.15, 0.2) is 36.9 Å². The van der Waals surface area contributed by atoms with E-state index in [1.54, 1.807) is 12.5 Å². The molecule has 0 spiro atoms. The largest absolute Gasteiger partial charge is 0.308 e. The van der Waals surface area contributed by atoms with Crippen LogP contribution in [0.5, 0.6) is 0 Å². The standard InChI is InChI=1S/C15H18N4/c1-15(2,3)18-10-12-4-5-14(13(8-12)9-16)19-7-6-17-11-19/h4-8,11,18H,10H2,1-3H3. The van der Waals surface area contributed by atoms with Gasteiger partial charge in [-0.05, 0) is 38.5 Å². The predicted molar refractivity (Wildman–Crippen MR) is 74.9 cm³/mol. The van der Waals surface area contributed by atoms with Crippen molar-refractivity contribution in [1.82, 2.24) is 14.9 Å². The van der Waals surface area contributed by atoms with Crippen LogP contribution in [0.1, 0.15) is 31.9 Å². The molecule has 0 fully saturated rings. The lowest BCUT2D eigenvalue weighted by atomic mass is 10.1. The summed E-state index contributed by atoms with van der Waals surface area (Å²) in [7, 11) is 0. The first-order chi connectivity index (χ1) is 8.99. The van der Waals surface area contributed by atoms with Crippen LogP contribution < -0.4 is 5.32 Å². The number of hydrogen-bond acceptors (Lipinski definition) is 3. The van der Waals surface area contributed by atoms with Crippen molar-refractivity contribution in [3.63, 3.8) is 0 Å². The first kappa shape index (κ1) is 13.3. The molecule has 0 atom stereocenters. The number of benzene rings is 1. The Labute approximate surface area is 113 Å². The molecule has 0 aliphatic rings. The summed E-state index contributed by atoms with van der Waals surface area (Å²) in [6.45, 7) is 7.12. The Morgan fingerprint density at radius 3 is 2.74 bits per heavy atom. The molecule has 1 aromatic heterocycles. The number of aromatic nitrogens is 2. The molecule has 0 saturated heterocycles. The van der Waals surface area contributed by atoms with E-state index in [1.165, 1.54) is 0 Å². The summed E-state index contributed by atoms with van der Waals surface area (Å²) >= 11 is 0. The number of hydrogen-bond donors (Lipinski definition) is 1. The van der Waals surface area contributed by atoms with Crippen molar-refractivity contribution < 1.29 is 0 Å². The van der Waals surface area contributed by atoms with Gasteiger partial charge >= 0.3 is 0 Å². The summed E-state index contributed by atoms with van der Waals surface area (Å²) in [5.74, 6) is 0. The first-order valence-corrected chi connectivity index (χ1v) is 6.26. The average molecular weight is 254 g/mol. The van der Waals surface area contributed by atoms with E-state index < -0.39 is 0 Å². The zero-order chi connectivity index (χ0) is 13.9. The lowest BCUT2D eigenvalue weighted by Gasteiger charge is -2.20. The van der Waals surface area contributed by atoms with E-state index in [-0.39, 0.29) is 5.54 Å². The predicted octanol–water partition coefficient (Wildman–Crippen LogP) is 2.63. The van der Waals surface area contributed by atoms with Gasteiger partial charge in [0.05, 0.1) is 17.6 Å². The Hall–Kier alpha value is -2.12. The topological polar surface area (TPSA) is 53.6 Å². The molecular formula is C15H18N4. The molecule has 1 aromatic carbocycles. The summed E-state index contributed by atoms with van der Waals surface area (Å²) in [5, 5.41) is 12.7. The molecule has 0 saturated carbocycles. The minimum atomic E-state index is 0.0653. The van der Waals surface area contributed by atoms with Gasteiger partial charge in [-0.15, -0.1) is 0 Å². The third kappa shape index (κ3) is 3.43. The quantitative estimate of drug-likeness (QED) is 0.916. The van der Waals surface area contributed by atoms with E-state index in [0.29, 0.717) is 5.56 Å². The molecule has 0 radical (unpaired) electrons. The summed E-state index contributed by atoms with van der Waals surface area (Å²) in [6, 6.07) is 8.16.